The van der Waals surface area contributed by atoms with E-state index in [2.05, 4.69) is 22.0 Å². The van der Waals surface area contributed by atoms with Gasteiger partial charge in [-0.05, 0) is 32.6 Å². The zero-order valence-electron chi connectivity index (χ0n) is 22.1. The van der Waals surface area contributed by atoms with Crippen molar-refractivity contribution < 1.29 is 29.0 Å². The molecule has 0 aromatic carbocycles. The summed E-state index contributed by atoms with van der Waals surface area (Å²) in [5.41, 5.74) is 10.4. The number of carbonyl (C=O) groups is 4. The van der Waals surface area contributed by atoms with Gasteiger partial charge in [0.1, 0.15) is 6.04 Å². The van der Waals surface area contributed by atoms with Crippen LogP contribution in [0.3, 0.4) is 0 Å². The number of hydrogen-bond acceptors (Lipinski definition) is 6. The van der Waals surface area contributed by atoms with Crippen LogP contribution in [-0.4, -0.2) is 65.6 Å². The maximum atomic E-state index is 11.9. The fourth-order valence-electron chi connectivity index (χ4n) is 3.67. The smallest absolute Gasteiger partial charge is 0.416 e. The highest BCUT2D eigenvalue weighted by Gasteiger charge is 2.27. The summed E-state index contributed by atoms with van der Waals surface area (Å²) in [6, 6.07) is -0.875. The molecule has 0 unspecified atom stereocenters. The molecular formula is C25H47N5O6. The van der Waals surface area contributed by atoms with Crippen molar-refractivity contribution in [3.63, 3.8) is 0 Å². The predicted molar refractivity (Wildman–Crippen MR) is 139 cm³/mol. The summed E-state index contributed by atoms with van der Waals surface area (Å²) in [6.45, 7) is 5.13. The van der Waals surface area contributed by atoms with Crippen LogP contribution in [0.15, 0.2) is 4.99 Å². The number of rotatable bonds is 17. The van der Waals surface area contributed by atoms with E-state index in [1.165, 1.54) is 38.5 Å². The summed E-state index contributed by atoms with van der Waals surface area (Å²) in [7, 11) is 0. The maximum Gasteiger partial charge on any atom is 0.416 e. The van der Waals surface area contributed by atoms with Gasteiger partial charge in [-0.1, -0.05) is 58.3 Å². The number of nitrogens with one attached hydrogen (secondary N) is 1. The van der Waals surface area contributed by atoms with Crippen LogP contribution in [-0.2, 0) is 19.1 Å². The molecule has 0 saturated carbocycles. The second kappa shape index (κ2) is 21.4. The van der Waals surface area contributed by atoms with Crippen LogP contribution in [0.25, 0.3) is 0 Å². The van der Waals surface area contributed by atoms with Gasteiger partial charge in [-0.2, -0.15) is 0 Å². The number of aliphatic carboxylic acids is 1. The Morgan fingerprint density at radius 3 is 2.14 bits per heavy atom. The molecule has 1 rings (SSSR count). The standard InChI is InChI=1S/C18H36N4O3.C7H11NO3/c1-2-3-4-5-6-7-8-9-10-13-16(23)22-15(17(24)25)12-11-14-21-18(19)20;1-2-11-7(10)8-5-3-4-6(8)9/h15H,2-14H2,1H3,(H,22,23)(H,24,25)(H4,19,20,21);2-5H2,1H3/t15-;/m0./s1. The number of likely N-dealkylation sites (tertiary alicyclic amines) is 1. The predicted octanol–water partition coefficient (Wildman–Crippen LogP) is 3.30. The van der Waals surface area contributed by atoms with Crippen LogP contribution in [0.5, 0.6) is 0 Å². The molecule has 0 radical (unpaired) electrons. The van der Waals surface area contributed by atoms with E-state index in [0.29, 0.717) is 45.4 Å². The molecule has 11 heteroatoms. The van der Waals surface area contributed by atoms with Crippen molar-refractivity contribution in [1.82, 2.24) is 10.2 Å². The summed E-state index contributed by atoms with van der Waals surface area (Å²) >= 11 is 0. The number of amides is 3. The Kier molecular flexibility index (Phi) is 19.7. The highest BCUT2D eigenvalue weighted by molar-refractivity contribution is 5.93. The van der Waals surface area contributed by atoms with E-state index in [4.69, 9.17) is 16.6 Å². The number of hydrogen-bond donors (Lipinski definition) is 4. The van der Waals surface area contributed by atoms with Gasteiger partial charge in [0.25, 0.3) is 0 Å². The van der Waals surface area contributed by atoms with Crippen molar-refractivity contribution in [2.45, 2.75) is 110 Å². The highest BCUT2D eigenvalue weighted by Crippen LogP contribution is 2.11. The minimum Gasteiger partial charge on any atom is -0.480 e. The van der Waals surface area contributed by atoms with Gasteiger partial charge in [-0.25, -0.2) is 14.5 Å². The third kappa shape index (κ3) is 17.6. The minimum atomic E-state index is -1.02. The number of guanidine groups is 1. The Balaban J connectivity index is 0.000000918. The number of carboxylic acid groups (broad SMARTS) is 1. The minimum absolute atomic E-state index is 0.0127. The third-order valence-electron chi connectivity index (χ3n) is 5.65. The first-order valence-electron chi connectivity index (χ1n) is 13.3. The Hall–Kier alpha value is -2.85. The van der Waals surface area contributed by atoms with E-state index in [1.807, 2.05) is 0 Å². The quantitative estimate of drug-likeness (QED) is 0.130. The summed E-state index contributed by atoms with van der Waals surface area (Å²) in [6.07, 6.45) is 12.6. The molecular weight excluding hydrogens is 466 g/mol. The molecule has 0 spiro atoms. The first kappa shape index (κ1) is 33.1. The SMILES string of the molecule is CCCCCCCCCCCC(=O)N[C@@H](CCCN=C(N)N)C(=O)O.CCOC(=O)N1CCCC1=O. The van der Waals surface area contributed by atoms with Crippen molar-refractivity contribution in [3.8, 4) is 0 Å². The maximum absolute atomic E-state index is 11.9. The van der Waals surface area contributed by atoms with Crippen molar-refractivity contribution in [2.24, 2.45) is 16.5 Å². The second-order valence-electron chi connectivity index (χ2n) is 8.83. The van der Waals surface area contributed by atoms with Crippen LogP contribution in [0.1, 0.15) is 104 Å². The number of aliphatic imine (C=N–C) groups is 1. The molecule has 0 aromatic heterocycles. The van der Waals surface area contributed by atoms with Crippen LogP contribution in [0.4, 0.5) is 4.79 Å². The monoisotopic (exact) mass is 513 g/mol. The average molecular weight is 514 g/mol. The summed E-state index contributed by atoms with van der Waals surface area (Å²) in [5.74, 6) is -1.35. The fourth-order valence-corrected chi connectivity index (χ4v) is 3.67. The number of nitrogens with two attached hydrogens (primary N) is 2. The first-order chi connectivity index (χ1) is 17.2. The summed E-state index contributed by atoms with van der Waals surface area (Å²) in [4.78, 5) is 49.9. The molecule has 1 saturated heterocycles. The van der Waals surface area contributed by atoms with Crippen molar-refractivity contribution in [2.75, 3.05) is 19.7 Å². The summed E-state index contributed by atoms with van der Waals surface area (Å²) < 4.78 is 4.66. The number of carbonyl (C=O) groups excluding carboxylic acids is 3. The van der Waals surface area contributed by atoms with Gasteiger partial charge in [0, 0.05) is 25.9 Å². The van der Waals surface area contributed by atoms with Crippen molar-refractivity contribution in [3.05, 3.63) is 0 Å². The molecule has 1 fully saturated rings. The highest BCUT2D eigenvalue weighted by atomic mass is 16.6. The molecule has 0 aliphatic carbocycles. The van der Waals surface area contributed by atoms with E-state index >= 15 is 0 Å². The zero-order chi connectivity index (χ0) is 27.2. The topological polar surface area (TPSA) is 177 Å². The Morgan fingerprint density at radius 1 is 1.03 bits per heavy atom. The normalized spacial score (nSPS) is 13.4. The lowest BCUT2D eigenvalue weighted by molar-refractivity contribution is -0.142. The van der Waals surface area contributed by atoms with Crippen LogP contribution in [0, 0.1) is 0 Å². The van der Waals surface area contributed by atoms with Gasteiger partial charge in [0.2, 0.25) is 11.8 Å². The van der Waals surface area contributed by atoms with E-state index in [9.17, 15) is 19.2 Å². The molecule has 6 N–H and O–H groups in total. The van der Waals surface area contributed by atoms with Crippen LogP contribution >= 0.6 is 0 Å². The second-order valence-corrected chi connectivity index (χ2v) is 8.83. The molecule has 208 valence electrons. The number of ether oxygens (including phenoxy) is 1. The van der Waals surface area contributed by atoms with Gasteiger partial charge < -0.3 is 26.6 Å². The van der Waals surface area contributed by atoms with Gasteiger partial charge in [0.15, 0.2) is 5.96 Å². The number of carboxylic acids is 1. The van der Waals surface area contributed by atoms with E-state index in [1.54, 1.807) is 6.92 Å². The molecule has 1 atom stereocenters. The molecule has 0 bridgehead atoms. The Bertz CT molecular complexity index is 682. The first-order valence-corrected chi connectivity index (χ1v) is 13.3. The molecule has 0 aromatic rings. The van der Waals surface area contributed by atoms with Crippen LogP contribution < -0.4 is 16.8 Å². The number of nitrogens with zero attached hydrogens (tertiary/aromatic N) is 2. The molecule has 1 heterocycles. The van der Waals surface area contributed by atoms with Crippen molar-refractivity contribution in [1.29, 1.82) is 0 Å². The van der Waals surface area contributed by atoms with E-state index in [-0.39, 0.29) is 17.8 Å². The lowest BCUT2D eigenvalue weighted by atomic mass is 10.1. The average Bonchev–Trinajstić information content (AvgIpc) is 3.26. The molecule has 36 heavy (non-hydrogen) atoms. The summed E-state index contributed by atoms with van der Waals surface area (Å²) in [5, 5.41) is 11.7. The Morgan fingerprint density at radius 2 is 1.64 bits per heavy atom. The van der Waals surface area contributed by atoms with Crippen molar-refractivity contribution >= 4 is 29.8 Å². The molecule has 11 nitrogen and oxygen atoms in total. The van der Waals surface area contributed by atoms with E-state index < -0.39 is 18.1 Å². The lowest BCUT2D eigenvalue weighted by Gasteiger charge is -2.14. The van der Waals surface area contributed by atoms with Crippen LogP contribution in [0.2, 0.25) is 0 Å². The Labute approximate surface area is 215 Å². The molecule has 1 aliphatic rings. The van der Waals surface area contributed by atoms with Gasteiger partial charge in [-0.3, -0.25) is 14.6 Å². The van der Waals surface area contributed by atoms with Gasteiger partial charge in [0.05, 0.1) is 6.61 Å². The largest absolute Gasteiger partial charge is 0.480 e. The molecule has 3 amide bonds. The van der Waals surface area contributed by atoms with E-state index in [0.717, 1.165) is 30.6 Å². The lowest BCUT2D eigenvalue weighted by Crippen LogP contribution is -2.40. The number of unbranched alkanes of at least 4 members (excludes halogenated alkanes) is 8. The van der Waals surface area contributed by atoms with Gasteiger partial charge >= 0.3 is 12.1 Å². The zero-order valence-corrected chi connectivity index (χ0v) is 22.1. The third-order valence-corrected chi connectivity index (χ3v) is 5.65. The molecule has 1 aliphatic heterocycles. The number of imide groups is 1. The van der Waals surface area contributed by atoms with Gasteiger partial charge in [-0.15, -0.1) is 0 Å². The fraction of sp³-hybridized carbons (Fsp3) is 0.800.